The summed E-state index contributed by atoms with van der Waals surface area (Å²) in [4.78, 5) is 26.9. The minimum absolute atomic E-state index is 0.111. The first-order valence-corrected chi connectivity index (χ1v) is 9.11. The molecule has 1 aliphatic rings. The van der Waals surface area contributed by atoms with Gasteiger partial charge in [-0.1, -0.05) is 6.07 Å². The first kappa shape index (κ1) is 19.5. The Balaban J connectivity index is 1.65. The van der Waals surface area contributed by atoms with Crippen molar-refractivity contribution >= 4 is 23.3 Å². The second kappa shape index (κ2) is 8.21. The van der Waals surface area contributed by atoms with E-state index in [1.54, 1.807) is 30.2 Å². The second-order valence-corrected chi connectivity index (χ2v) is 6.76. The Morgan fingerprint density at radius 3 is 2.54 bits per heavy atom. The quantitative estimate of drug-likeness (QED) is 0.831. The van der Waals surface area contributed by atoms with E-state index in [1.165, 1.54) is 12.7 Å². The monoisotopic (exact) mass is 383 g/mol. The molecule has 1 heterocycles. The van der Waals surface area contributed by atoms with E-state index in [9.17, 15) is 9.59 Å². The summed E-state index contributed by atoms with van der Waals surface area (Å²) in [5, 5.41) is 5.48. The summed E-state index contributed by atoms with van der Waals surface area (Å²) in [7, 11) is 3.07. The fourth-order valence-corrected chi connectivity index (χ4v) is 3.18. The van der Waals surface area contributed by atoms with Crippen LogP contribution in [0.2, 0.25) is 0 Å². The van der Waals surface area contributed by atoms with Gasteiger partial charge in [0.1, 0.15) is 17.5 Å². The number of aryl methyl sites for hydroxylation is 2. The summed E-state index contributed by atoms with van der Waals surface area (Å²) in [6, 6.07) is 10.0. The Morgan fingerprint density at radius 1 is 1.07 bits per heavy atom. The minimum Gasteiger partial charge on any atom is -0.497 e. The van der Waals surface area contributed by atoms with Crippen molar-refractivity contribution in [3.05, 3.63) is 47.5 Å². The molecule has 1 atom stereocenters. The van der Waals surface area contributed by atoms with Gasteiger partial charge in [-0.05, 0) is 55.7 Å². The Labute approximate surface area is 164 Å². The lowest BCUT2D eigenvalue weighted by Crippen LogP contribution is -2.43. The number of rotatable bonds is 5. The number of carbonyl (C=O) groups is 2. The molecule has 1 saturated heterocycles. The van der Waals surface area contributed by atoms with Crippen LogP contribution in [0.25, 0.3) is 0 Å². The number of ether oxygens (including phenoxy) is 2. The van der Waals surface area contributed by atoms with Crippen molar-refractivity contribution in [1.29, 1.82) is 0 Å². The lowest BCUT2D eigenvalue weighted by Gasteiger charge is -2.19. The molecule has 7 heteroatoms. The van der Waals surface area contributed by atoms with E-state index in [-0.39, 0.29) is 5.91 Å². The first-order chi connectivity index (χ1) is 13.4. The van der Waals surface area contributed by atoms with E-state index in [0.29, 0.717) is 30.2 Å². The average molecular weight is 383 g/mol. The summed E-state index contributed by atoms with van der Waals surface area (Å²) < 4.78 is 10.4. The number of benzene rings is 2. The molecule has 148 valence electrons. The summed E-state index contributed by atoms with van der Waals surface area (Å²) in [5.74, 6) is 0.988. The number of nitrogens with zero attached hydrogens (tertiary/aromatic N) is 1. The molecule has 0 aliphatic carbocycles. The lowest BCUT2D eigenvalue weighted by molar-refractivity contribution is -0.118. The van der Waals surface area contributed by atoms with Crippen LogP contribution < -0.4 is 25.0 Å². The number of hydrogen-bond acceptors (Lipinski definition) is 4. The van der Waals surface area contributed by atoms with E-state index >= 15 is 0 Å². The van der Waals surface area contributed by atoms with Gasteiger partial charge >= 0.3 is 6.03 Å². The highest BCUT2D eigenvalue weighted by Gasteiger charge is 2.33. The molecule has 1 aliphatic heterocycles. The lowest BCUT2D eigenvalue weighted by atomic mass is 10.1. The predicted octanol–water partition coefficient (Wildman–Crippen LogP) is 3.25. The second-order valence-electron chi connectivity index (χ2n) is 6.76. The highest BCUT2D eigenvalue weighted by Crippen LogP contribution is 2.29. The molecule has 0 bridgehead atoms. The fourth-order valence-electron chi connectivity index (χ4n) is 3.18. The summed E-state index contributed by atoms with van der Waals surface area (Å²) in [5.41, 5.74) is 3.66. The number of amides is 3. The van der Waals surface area contributed by atoms with Crippen LogP contribution in [0.1, 0.15) is 17.5 Å². The van der Waals surface area contributed by atoms with Crippen molar-refractivity contribution in [3.63, 3.8) is 0 Å². The van der Waals surface area contributed by atoms with Gasteiger partial charge in [0.2, 0.25) is 5.91 Å². The van der Waals surface area contributed by atoms with Crippen LogP contribution in [-0.2, 0) is 4.79 Å². The van der Waals surface area contributed by atoms with E-state index in [0.717, 1.165) is 11.3 Å². The fraction of sp³-hybridized carbons (Fsp3) is 0.333. The Kier molecular flexibility index (Phi) is 5.73. The van der Waals surface area contributed by atoms with Crippen LogP contribution in [-0.4, -0.2) is 38.7 Å². The minimum atomic E-state index is -0.564. The summed E-state index contributed by atoms with van der Waals surface area (Å²) >= 11 is 0. The van der Waals surface area contributed by atoms with Crippen LogP contribution in [0.5, 0.6) is 11.5 Å². The standard InChI is InChI=1S/C21H25N3O4/c1-13-5-6-15(11-14(13)2)24-10-9-18(20(24)25)23-21(26)22-17-8-7-16(27-3)12-19(17)28-4/h5-8,11-12,18H,9-10H2,1-4H3,(H2,22,23,26)/t18-/m1/s1. The predicted molar refractivity (Wildman–Crippen MR) is 108 cm³/mol. The highest BCUT2D eigenvalue weighted by atomic mass is 16.5. The topological polar surface area (TPSA) is 79.9 Å². The molecule has 0 spiro atoms. The Bertz CT molecular complexity index is 897. The van der Waals surface area contributed by atoms with Crippen molar-refractivity contribution in [2.45, 2.75) is 26.3 Å². The van der Waals surface area contributed by atoms with Crippen molar-refractivity contribution in [3.8, 4) is 11.5 Å². The third-order valence-electron chi connectivity index (χ3n) is 4.97. The van der Waals surface area contributed by atoms with Gasteiger partial charge in [-0.3, -0.25) is 4.79 Å². The SMILES string of the molecule is COc1ccc(NC(=O)N[C@@H]2CCN(c3ccc(C)c(C)c3)C2=O)c(OC)c1. The molecular weight excluding hydrogens is 358 g/mol. The maximum Gasteiger partial charge on any atom is 0.319 e. The molecule has 0 aromatic heterocycles. The molecule has 2 aromatic rings. The number of urea groups is 1. The smallest absolute Gasteiger partial charge is 0.319 e. The molecule has 2 aromatic carbocycles. The van der Waals surface area contributed by atoms with Crippen molar-refractivity contribution in [2.75, 3.05) is 31.0 Å². The van der Waals surface area contributed by atoms with Crippen LogP contribution in [0.3, 0.4) is 0 Å². The van der Waals surface area contributed by atoms with Crippen LogP contribution in [0, 0.1) is 13.8 Å². The summed E-state index contributed by atoms with van der Waals surface area (Å²) in [6.07, 6.45) is 0.554. The van der Waals surface area contributed by atoms with E-state index in [2.05, 4.69) is 10.6 Å². The molecule has 0 saturated carbocycles. The molecule has 1 fully saturated rings. The number of nitrogens with one attached hydrogen (secondary N) is 2. The van der Waals surface area contributed by atoms with E-state index in [1.807, 2.05) is 32.0 Å². The van der Waals surface area contributed by atoms with Gasteiger partial charge in [0.25, 0.3) is 0 Å². The van der Waals surface area contributed by atoms with Gasteiger partial charge in [-0.15, -0.1) is 0 Å². The third-order valence-corrected chi connectivity index (χ3v) is 4.97. The van der Waals surface area contributed by atoms with Crippen molar-refractivity contribution in [1.82, 2.24) is 5.32 Å². The zero-order valence-corrected chi connectivity index (χ0v) is 16.5. The summed E-state index contributed by atoms with van der Waals surface area (Å²) in [6.45, 7) is 4.62. The molecule has 3 rings (SSSR count). The number of hydrogen-bond donors (Lipinski definition) is 2. The normalized spacial score (nSPS) is 16.1. The van der Waals surface area contributed by atoms with Crippen molar-refractivity contribution < 1.29 is 19.1 Å². The molecule has 3 amide bonds. The molecular formula is C21H25N3O4. The maximum atomic E-state index is 12.7. The largest absolute Gasteiger partial charge is 0.497 e. The van der Waals surface area contributed by atoms with Crippen LogP contribution in [0.4, 0.5) is 16.2 Å². The molecule has 7 nitrogen and oxygen atoms in total. The maximum absolute atomic E-state index is 12.7. The Morgan fingerprint density at radius 2 is 1.86 bits per heavy atom. The molecule has 0 unspecified atom stereocenters. The van der Waals surface area contributed by atoms with E-state index < -0.39 is 12.1 Å². The van der Waals surface area contributed by atoms with Crippen LogP contribution >= 0.6 is 0 Å². The van der Waals surface area contributed by atoms with Gasteiger partial charge in [-0.2, -0.15) is 0 Å². The first-order valence-electron chi connectivity index (χ1n) is 9.11. The zero-order chi connectivity index (χ0) is 20.3. The molecule has 28 heavy (non-hydrogen) atoms. The third kappa shape index (κ3) is 4.03. The number of methoxy groups -OCH3 is 2. The van der Waals surface area contributed by atoms with Gasteiger partial charge in [-0.25, -0.2) is 4.79 Å². The van der Waals surface area contributed by atoms with E-state index in [4.69, 9.17) is 9.47 Å². The van der Waals surface area contributed by atoms with Gasteiger partial charge in [0.05, 0.1) is 19.9 Å². The zero-order valence-electron chi connectivity index (χ0n) is 16.5. The van der Waals surface area contributed by atoms with Gasteiger partial charge in [0.15, 0.2) is 0 Å². The molecule has 0 radical (unpaired) electrons. The number of carbonyl (C=O) groups excluding carboxylic acids is 2. The Hall–Kier alpha value is -3.22. The number of anilines is 2. The van der Waals surface area contributed by atoms with Gasteiger partial charge < -0.3 is 25.0 Å². The average Bonchev–Trinajstić information content (AvgIpc) is 3.04. The van der Waals surface area contributed by atoms with Crippen LogP contribution in [0.15, 0.2) is 36.4 Å². The van der Waals surface area contributed by atoms with Crippen molar-refractivity contribution in [2.24, 2.45) is 0 Å². The highest BCUT2D eigenvalue weighted by molar-refractivity contribution is 6.02. The molecule has 2 N–H and O–H groups in total. The van der Waals surface area contributed by atoms with Gasteiger partial charge in [0, 0.05) is 18.3 Å².